The molecule has 3 aromatic rings. The van der Waals surface area contributed by atoms with Crippen molar-refractivity contribution < 1.29 is 10.0 Å². The van der Waals surface area contributed by atoms with Gasteiger partial charge in [0.15, 0.2) is 5.82 Å². The molecule has 28 heavy (non-hydrogen) atoms. The summed E-state index contributed by atoms with van der Waals surface area (Å²) in [4.78, 5) is 16.8. The topological polar surface area (TPSA) is 117 Å². The molecule has 1 atom stereocenters. The van der Waals surface area contributed by atoms with Crippen LogP contribution in [0.4, 0.5) is 11.5 Å². The first-order valence-electron chi connectivity index (χ1n) is 9.06. The number of benzene rings is 1. The van der Waals surface area contributed by atoms with Gasteiger partial charge in [-0.3, -0.25) is 15.1 Å². The Morgan fingerprint density at radius 2 is 2.14 bits per heavy atom. The molecule has 144 valence electrons. The predicted octanol–water partition coefficient (Wildman–Crippen LogP) is 2.81. The van der Waals surface area contributed by atoms with Crippen LogP contribution in [0.5, 0.6) is 5.75 Å². The standard InChI is InChI=1S/C19H20N6O3/c1-24-8-2-3-12(11-24)21-19-16-10-20-7-6-14(16)18(22-23-19)15-5-4-13(25(27)28)9-17(15)26/h4-7,9-10,12,26H,2-3,8,11H2,1H3,(H,21,23)/t12-/m1/s1. The van der Waals surface area contributed by atoms with E-state index >= 15 is 0 Å². The number of nitrogens with zero attached hydrogens (tertiary/aromatic N) is 5. The number of aromatic hydroxyl groups is 1. The summed E-state index contributed by atoms with van der Waals surface area (Å²) >= 11 is 0. The summed E-state index contributed by atoms with van der Waals surface area (Å²) in [6.45, 7) is 2.01. The SMILES string of the molecule is CN1CCC[C@@H](Nc2nnc(-c3ccc([N+](=O)[O-])cc3O)c3ccncc23)C1. The fraction of sp³-hybridized carbons (Fsp3) is 0.316. The number of fused-ring (bicyclic) bond motifs is 1. The van der Waals surface area contributed by atoms with E-state index in [2.05, 4.69) is 32.4 Å². The first-order valence-corrected chi connectivity index (χ1v) is 9.06. The van der Waals surface area contributed by atoms with Gasteiger partial charge in [0.05, 0.1) is 11.0 Å². The minimum atomic E-state index is -0.550. The molecule has 0 saturated carbocycles. The smallest absolute Gasteiger partial charge is 0.273 e. The Hall–Kier alpha value is -3.33. The Labute approximate surface area is 161 Å². The van der Waals surface area contributed by atoms with Crippen LogP contribution in [0.25, 0.3) is 22.0 Å². The van der Waals surface area contributed by atoms with Crippen LogP contribution in [0.1, 0.15) is 12.8 Å². The summed E-state index contributed by atoms with van der Waals surface area (Å²) in [5.74, 6) is 0.435. The molecule has 0 bridgehead atoms. The number of piperidine rings is 1. The number of nitro benzene ring substituents is 1. The maximum atomic E-state index is 10.9. The van der Waals surface area contributed by atoms with Gasteiger partial charge in [-0.1, -0.05) is 0 Å². The molecule has 2 N–H and O–H groups in total. The van der Waals surface area contributed by atoms with Gasteiger partial charge in [0.1, 0.15) is 11.4 Å². The minimum absolute atomic E-state index is 0.181. The quantitative estimate of drug-likeness (QED) is 0.524. The number of non-ortho nitro benzene ring substituents is 1. The van der Waals surface area contributed by atoms with Crippen molar-refractivity contribution in [3.8, 4) is 17.0 Å². The third-order valence-electron chi connectivity index (χ3n) is 4.99. The number of anilines is 1. The summed E-state index contributed by atoms with van der Waals surface area (Å²) < 4.78 is 0. The zero-order valence-electron chi connectivity index (χ0n) is 15.4. The number of hydrogen-bond donors (Lipinski definition) is 2. The van der Waals surface area contributed by atoms with Crippen LogP contribution in [0, 0.1) is 10.1 Å². The van der Waals surface area contributed by atoms with Gasteiger partial charge < -0.3 is 15.3 Å². The summed E-state index contributed by atoms with van der Waals surface area (Å²) in [5, 5.41) is 34.9. The molecule has 3 heterocycles. The molecule has 0 aliphatic carbocycles. The Bertz CT molecular complexity index is 1040. The van der Waals surface area contributed by atoms with Gasteiger partial charge in [0.25, 0.3) is 5.69 Å². The van der Waals surface area contributed by atoms with Crippen molar-refractivity contribution in [1.29, 1.82) is 0 Å². The summed E-state index contributed by atoms with van der Waals surface area (Å²) in [6, 6.07) is 6.02. The van der Waals surface area contributed by atoms with E-state index < -0.39 is 4.92 Å². The zero-order valence-corrected chi connectivity index (χ0v) is 15.4. The average Bonchev–Trinajstić information content (AvgIpc) is 2.68. The maximum Gasteiger partial charge on any atom is 0.273 e. The van der Waals surface area contributed by atoms with Crippen LogP contribution < -0.4 is 5.32 Å². The molecular weight excluding hydrogens is 360 g/mol. The van der Waals surface area contributed by atoms with E-state index in [1.807, 2.05) is 0 Å². The number of likely N-dealkylation sites (N-methyl/N-ethyl adjacent to an activating group) is 1. The largest absolute Gasteiger partial charge is 0.507 e. The highest BCUT2D eigenvalue weighted by Crippen LogP contribution is 2.36. The van der Waals surface area contributed by atoms with Crippen LogP contribution in [0.2, 0.25) is 0 Å². The third kappa shape index (κ3) is 3.44. The Morgan fingerprint density at radius 1 is 1.29 bits per heavy atom. The number of hydrogen-bond acceptors (Lipinski definition) is 8. The van der Waals surface area contributed by atoms with E-state index in [9.17, 15) is 15.2 Å². The number of likely N-dealkylation sites (tertiary alicyclic amines) is 1. The number of phenols is 1. The van der Waals surface area contributed by atoms with Crippen LogP contribution >= 0.6 is 0 Å². The Balaban J connectivity index is 1.75. The van der Waals surface area contributed by atoms with Crippen molar-refractivity contribution >= 4 is 22.3 Å². The summed E-state index contributed by atoms with van der Waals surface area (Å²) in [7, 11) is 2.10. The van der Waals surface area contributed by atoms with Gasteiger partial charge in [-0.2, -0.15) is 0 Å². The number of nitrogens with one attached hydrogen (secondary N) is 1. The first kappa shape index (κ1) is 18.1. The number of phenolic OH excluding ortho intramolecular Hbond substituents is 1. The van der Waals surface area contributed by atoms with E-state index in [0.717, 1.165) is 42.8 Å². The lowest BCUT2D eigenvalue weighted by Crippen LogP contribution is -2.40. The van der Waals surface area contributed by atoms with Gasteiger partial charge in [-0.05, 0) is 38.6 Å². The maximum absolute atomic E-state index is 10.9. The van der Waals surface area contributed by atoms with Crippen molar-refractivity contribution in [3.63, 3.8) is 0 Å². The molecule has 1 aromatic carbocycles. The lowest BCUT2D eigenvalue weighted by molar-refractivity contribution is -0.384. The highest BCUT2D eigenvalue weighted by molar-refractivity contribution is 6.00. The van der Waals surface area contributed by atoms with Gasteiger partial charge in [-0.25, -0.2) is 0 Å². The molecule has 1 fully saturated rings. The fourth-order valence-corrected chi connectivity index (χ4v) is 3.61. The van der Waals surface area contributed by atoms with Crippen molar-refractivity contribution in [3.05, 3.63) is 46.8 Å². The number of nitro groups is 1. The van der Waals surface area contributed by atoms with E-state index in [4.69, 9.17) is 0 Å². The van der Waals surface area contributed by atoms with Crippen molar-refractivity contribution in [2.45, 2.75) is 18.9 Å². The molecule has 9 heteroatoms. The predicted molar refractivity (Wildman–Crippen MR) is 105 cm³/mol. The second kappa shape index (κ2) is 7.35. The lowest BCUT2D eigenvalue weighted by atomic mass is 10.0. The van der Waals surface area contributed by atoms with Crippen molar-refractivity contribution in [2.24, 2.45) is 0 Å². The molecule has 2 aromatic heterocycles. The van der Waals surface area contributed by atoms with Crippen LogP contribution in [-0.2, 0) is 0 Å². The van der Waals surface area contributed by atoms with Gasteiger partial charge in [-0.15, -0.1) is 10.2 Å². The molecule has 1 aliphatic rings. The van der Waals surface area contributed by atoms with Crippen molar-refractivity contribution in [2.75, 3.05) is 25.5 Å². The average molecular weight is 380 g/mol. The van der Waals surface area contributed by atoms with Gasteiger partial charge in [0.2, 0.25) is 0 Å². The van der Waals surface area contributed by atoms with E-state index in [1.54, 1.807) is 18.5 Å². The number of pyridine rings is 1. The van der Waals surface area contributed by atoms with Gasteiger partial charge >= 0.3 is 0 Å². The molecule has 0 radical (unpaired) electrons. The van der Waals surface area contributed by atoms with Crippen LogP contribution in [0.3, 0.4) is 0 Å². The monoisotopic (exact) mass is 380 g/mol. The molecule has 1 aliphatic heterocycles. The van der Waals surface area contributed by atoms with Crippen LogP contribution in [0.15, 0.2) is 36.7 Å². The molecular formula is C19H20N6O3. The number of aromatic nitrogens is 3. The van der Waals surface area contributed by atoms with Crippen molar-refractivity contribution in [1.82, 2.24) is 20.1 Å². The molecule has 0 unspecified atom stereocenters. The number of rotatable bonds is 4. The lowest BCUT2D eigenvalue weighted by Gasteiger charge is -2.30. The normalized spacial score (nSPS) is 17.5. The minimum Gasteiger partial charge on any atom is -0.507 e. The van der Waals surface area contributed by atoms with E-state index in [-0.39, 0.29) is 17.5 Å². The van der Waals surface area contributed by atoms with E-state index in [0.29, 0.717) is 17.1 Å². The second-order valence-electron chi connectivity index (χ2n) is 7.02. The molecule has 9 nitrogen and oxygen atoms in total. The third-order valence-corrected chi connectivity index (χ3v) is 4.99. The fourth-order valence-electron chi connectivity index (χ4n) is 3.61. The summed E-state index contributed by atoms with van der Waals surface area (Å²) in [5.41, 5.74) is 0.661. The zero-order chi connectivity index (χ0) is 19.7. The first-order chi connectivity index (χ1) is 13.5. The molecule has 0 spiro atoms. The highest BCUT2D eigenvalue weighted by atomic mass is 16.6. The Morgan fingerprint density at radius 3 is 2.89 bits per heavy atom. The highest BCUT2D eigenvalue weighted by Gasteiger charge is 2.21. The van der Waals surface area contributed by atoms with Gasteiger partial charge in [0, 0.05) is 47.4 Å². The molecule has 0 amide bonds. The van der Waals surface area contributed by atoms with E-state index in [1.165, 1.54) is 12.1 Å². The molecule has 4 rings (SSSR count). The molecule has 1 saturated heterocycles. The second-order valence-corrected chi connectivity index (χ2v) is 7.02. The summed E-state index contributed by atoms with van der Waals surface area (Å²) in [6.07, 6.45) is 5.53. The Kier molecular flexibility index (Phi) is 4.74. The van der Waals surface area contributed by atoms with Crippen LogP contribution in [-0.4, -0.2) is 56.3 Å².